The predicted molar refractivity (Wildman–Crippen MR) is 96.5 cm³/mol. The molecule has 1 aromatic carbocycles. The molecule has 2 atom stereocenters. The molecule has 8 heteroatoms. The molecule has 1 saturated heterocycles. The molecular weight excluding hydrogens is 344 g/mol. The van der Waals surface area contributed by atoms with Gasteiger partial charge in [-0.1, -0.05) is 0 Å². The molecule has 0 aliphatic carbocycles. The summed E-state index contributed by atoms with van der Waals surface area (Å²) in [4.78, 5) is 2.10. The van der Waals surface area contributed by atoms with Crippen molar-refractivity contribution in [1.29, 1.82) is 0 Å². The summed E-state index contributed by atoms with van der Waals surface area (Å²) in [7, 11) is 1.37. The molecule has 25 heavy (non-hydrogen) atoms. The Labute approximate surface area is 150 Å². The smallest absolute Gasteiger partial charge is 0.214 e. The lowest BCUT2D eigenvalue weighted by Gasteiger charge is -2.18. The van der Waals surface area contributed by atoms with Crippen molar-refractivity contribution in [2.45, 2.75) is 12.5 Å². The minimum absolute atomic E-state index is 0.0139. The zero-order chi connectivity index (χ0) is 18.4. The summed E-state index contributed by atoms with van der Waals surface area (Å²) in [6.45, 7) is 2.44. The third-order valence-electron chi connectivity index (χ3n) is 4.41. The van der Waals surface area contributed by atoms with Crippen molar-refractivity contribution in [3.8, 4) is 11.5 Å². The van der Waals surface area contributed by atoms with Crippen molar-refractivity contribution in [3.63, 3.8) is 0 Å². The first-order valence-corrected chi connectivity index (χ1v) is 10.00. The molecule has 0 amide bonds. The largest absolute Gasteiger partial charge is 0.497 e. The van der Waals surface area contributed by atoms with Crippen molar-refractivity contribution >= 4 is 10.0 Å². The topological polar surface area (TPSA) is 79.3 Å². The zero-order valence-corrected chi connectivity index (χ0v) is 15.9. The van der Waals surface area contributed by atoms with Gasteiger partial charge in [0.05, 0.1) is 25.6 Å². The van der Waals surface area contributed by atoms with Crippen LogP contribution in [-0.4, -0.2) is 82.0 Å². The van der Waals surface area contributed by atoms with Gasteiger partial charge in [0, 0.05) is 39.6 Å². The summed E-state index contributed by atoms with van der Waals surface area (Å²) in [6.07, 6.45) is 0.212. The standard InChI is InChI=1S/C17H28N2O5S/c1-18(2)25(21,22)13-14-11-19(12-17(14)20)9-4-10-24-16-7-5-15(23-3)6-8-16/h5-8,14,17,20H,4,9-13H2,1-3H3. The number of methoxy groups -OCH3 is 1. The number of likely N-dealkylation sites (tertiary alicyclic amines) is 1. The van der Waals surface area contributed by atoms with Crippen LogP contribution in [0.15, 0.2) is 24.3 Å². The van der Waals surface area contributed by atoms with Gasteiger partial charge >= 0.3 is 0 Å². The number of ether oxygens (including phenoxy) is 2. The maximum absolute atomic E-state index is 12.0. The van der Waals surface area contributed by atoms with E-state index in [-0.39, 0.29) is 11.7 Å². The molecule has 7 nitrogen and oxygen atoms in total. The highest BCUT2D eigenvalue weighted by Crippen LogP contribution is 2.20. The summed E-state index contributed by atoms with van der Waals surface area (Å²) in [5.41, 5.74) is 0. The Balaban J connectivity index is 1.71. The third kappa shape index (κ3) is 5.85. The fourth-order valence-electron chi connectivity index (χ4n) is 2.86. The average molecular weight is 372 g/mol. The number of benzene rings is 1. The molecule has 1 N–H and O–H groups in total. The van der Waals surface area contributed by atoms with E-state index in [0.717, 1.165) is 24.5 Å². The summed E-state index contributed by atoms with van der Waals surface area (Å²) in [6, 6.07) is 7.42. The quantitative estimate of drug-likeness (QED) is 0.641. The van der Waals surface area contributed by atoms with Crippen LogP contribution in [0.1, 0.15) is 6.42 Å². The molecule has 142 valence electrons. The fraction of sp³-hybridized carbons (Fsp3) is 0.647. The number of nitrogens with zero attached hydrogens (tertiary/aromatic N) is 2. The van der Waals surface area contributed by atoms with Gasteiger partial charge < -0.3 is 19.5 Å². The first-order chi connectivity index (χ1) is 11.8. The molecule has 0 saturated carbocycles. The second-order valence-electron chi connectivity index (χ2n) is 6.53. The molecule has 2 rings (SSSR count). The Kier molecular flexibility index (Phi) is 7.06. The maximum Gasteiger partial charge on any atom is 0.214 e. The van der Waals surface area contributed by atoms with Crippen LogP contribution in [0.5, 0.6) is 11.5 Å². The van der Waals surface area contributed by atoms with E-state index < -0.39 is 16.1 Å². The normalized spacial score (nSPS) is 21.6. The molecular formula is C17H28N2O5S. The van der Waals surface area contributed by atoms with Gasteiger partial charge in [0.25, 0.3) is 0 Å². The highest BCUT2D eigenvalue weighted by Gasteiger charge is 2.34. The van der Waals surface area contributed by atoms with E-state index in [4.69, 9.17) is 9.47 Å². The van der Waals surface area contributed by atoms with Crippen molar-refractivity contribution in [3.05, 3.63) is 24.3 Å². The van der Waals surface area contributed by atoms with Crippen LogP contribution in [0.3, 0.4) is 0 Å². The van der Waals surface area contributed by atoms with E-state index in [1.54, 1.807) is 7.11 Å². The molecule has 0 bridgehead atoms. The van der Waals surface area contributed by atoms with Gasteiger partial charge in [-0.2, -0.15) is 0 Å². The van der Waals surface area contributed by atoms with Gasteiger partial charge in [-0.3, -0.25) is 0 Å². The predicted octanol–water partition coefficient (Wildman–Crippen LogP) is 0.648. The SMILES string of the molecule is COc1ccc(OCCCN2CC(O)C(CS(=O)(=O)N(C)C)C2)cc1. The van der Waals surface area contributed by atoms with Gasteiger partial charge in [-0.05, 0) is 30.7 Å². The zero-order valence-electron chi connectivity index (χ0n) is 15.1. The van der Waals surface area contributed by atoms with E-state index in [1.807, 2.05) is 24.3 Å². The summed E-state index contributed by atoms with van der Waals surface area (Å²) < 4.78 is 35.9. The molecule has 1 heterocycles. The maximum atomic E-state index is 12.0. The van der Waals surface area contributed by atoms with E-state index in [0.29, 0.717) is 19.7 Å². The van der Waals surface area contributed by atoms with Crippen LogP contribution in [0.25, 0.3) is 0 Å². The van der Waals surface area contributed by atoms with E-state index in [9.17, 15) is 13.5 Å². The van der Waals surface area contributed by atoms with E-state index >= 15 is 0 Å². The van der Waals surface area contributed by atoms with Crippen LogP contribution >= 0.6 is 0 Å². The molecule has 0 aromatic heterocycles. The third-order valence-corrected chi connectivity index (χ3v) is 6.37. The van der Waals surface area contributed by atoms with Crippen molar-refractivity contribution in [1.82, 2.24) is 9.21 Å². The van der Waals surface area contributed by atoms with Crippen LogP contribution < -0.4 is 9.47 Å². The highest BCUT2D eigenvalue weighted by atomic mass is 32.2. The van der Waals surface area contributed by atoms with Crippen molar-refractivity contribution < 1.29 is 23.0 Å². The molecule has 1 aliphatic rings. The Bertz CT molecular complexity index is 633. The lowest BCUT2D eigenvalue weighted by Crippen LogP contribution is -2.33. The van der Waals surface area contributed by atoms with E-state index in [1.165, 1.54) is 18.4 Å². The molecule has 0 spiro atoms. The summed E-state index contributed by atoms with van der Waals surface area (Å²) in [5.74, 6) is 1.32. The number of sulfonamides is 1. The van der Waals surface area contributed by atoms with Crippen molar-refractivity contribution in [2.24, 2.45) is 5.92 Å². The minimum Gasteiger partial charge on any atom is -0.497 e. The molecule has 1 aliphatic heterocycles. The molecule has 1 fully saturated rings. The first kappa shape index (κ1) is 20.0. The molecule has 1 aromatic rings. The lowest BCUT2D eigenvalue weighted by molar-refractivity contribution is 0.147. The van der Waals surface area contributed by atoms with Gasteiger partial charge in [0.2, 0.25) is 10.0 Å². The highest BCUT2D eigenvalue weighted by molar-refractivity contribution is 7.89. The number of rotatable bonds is 9. The minimum atomic E-state index is -3.29. The second kappa shape index (κ2) is 8.84. The Morgan fingerprint density at radius 1 is 1.20 bits per heavy atom. The Morgan fingerprint density at radius 3 is 2.44 bits per heavy atom. The summed E-state index contributed by atoms with van der Waals surface area (Å²) in [5, 5.41) is 10.1. The van der Waals surface area contributed by atoms with Crippen LogP contribution in [0.4, 0.5) is 0 Å². The van der Waals surface area contributed by atoms with Gasteiger partial charge in [0.15, 0.2) is 0 Å². The molecule has 0 radical (unpaired) electrons. The fourth-order valence-corrected chi connectivity index (χ4v) is 4.02. The summed E-state index contributed by atoms with van der Waals surface area (Å²) >= 11 is 0. The van der Waals surface area contributed by atoms with Crippen LogP contribution in [0, 0.1) is 5.92 Å². The van der Waals surface area contributed by atoms with Crippen LogP contribution in [0.2, 0.25) is 0 Å². The van der Waals surface area contributed by atoms with E-state index in [2.05, 4.69) is 4.90 Å². The first-order valence-electron chi connectivity index (χ1n) is 8.39. The van der Waals surface area contributed by atoms with Crippen LogP contribution in [-0.2, 0) is 10.0 Å². The number of hydrogen-bond acceptors (Lipinski definition) is 6. The Morgan fingerprint density at radius 2 is 1.84 bits per heavy atom. The number of aliphatic hydroxyl groups is 1. The molecule has 2 unspecified atom stereocenters. The monoisotopic (exact) mass is 372 g/mol. The van der Waals surface area contributed by atoms with Gasteiger partial charge in [-0.15, -0.1) is 0 Å². The van der Waals surface area contributed by atoms with Gasteiger partial charge in [0.1, 0.15) is 11.5 Å². The number of β-amino-alcohol motifs (C(OH)–C–C–N with tert-alkyl or cyclic N) is 1. The average Bonchev–Trinajstić information content (AvgIpc) is 2.91. The second-order valence-corrected chi connectivity index (χ2v) is 8.75. The van der Waals surface area contributed by atoms with Gasteiger partial charge in [-0.25, -0.2) is 12.7 Å². The van der Waals surface area contributed by atoms with Crippen molar-refractivity contribution in [2.75, 3.05) is 53.2 Å². The Hall–Kier alpha value is -1.35. The lowest BCUT2D eigenvalue weighted by atomic mass is 10.1. The number of hydrogen-bond donors (Lipinski definition) is 1. The number of aliphatic hydroxyl groups excluding tert-OH is 1.